The van der Waals surface area contributed by atoms with Gasteiger partial charge in [0.2, 0.25) is 11.8 Å². The second kappa shape index (κ2) is 8.65. The summed E-state index contributed by atoms with van der Waals surface area (Å²) in [6.07, 6.45) is 1.85. The van der Waals surface area contributed by atoms with Crippen LogP contribution in [-0.2, 0) is 27.3 Å². The summed E-state index contributed by atoms with van der Waals surface area (Å²) < 4.78 is 5.51. The van der Waals surface area contributed by atoms with Crippen LogP contribution in [0.15, 0.2) is 47.6 Å². The van der Waals surface area contributed by atoms with Gasteiger partial charge in [0, 0.05) is 20.3 Å². The standard InChI is InChI=1S/C21H24N4O3/c1-14(15-7-5-4-6-8-15)24-19(26)10-17-9-16-11-23-21(18(16)12-22-17)28-13-20(27)25(2)3/h4-9,12,14H,10-11,13H2,1-3H3,(H,24,26)/t14-/m1/s1. The van der Waals surface area contributed by atoms with Crippen molar-refractivity contribution >= 4 is 17.7 Å². The summed E-state index contributed by atoms with van der Waals surface area (Å²) in [4.78, 5) is 34.2. The van der Waals surface area contributed by atoms with Gasteiger partial charge in [-0.1, -0.05) is 30.3 Å². The fraction of sp³-hybridized carbons (Fsp3) is 0.333. The molecule has 0 unspecified atom stereocenters. The topological polar surface area (TPSA) is 83.9 Å². The maximum atomic E-state index is 12.4. The number of ether oxygens (including phenoxy) is 1. The number of carbonyl (C=O) groups excluding carboxylic acids is 2. The van der Waals surface area contributed by atoms with E-state index >= 15 is 0 Å². The van der Waals surface area contributed by atoms with Gasteiger partial charge in [-0.3, -0.25) is 14.6 Å². The molecule has 2 aromatic rings. The zero-order valence-corrected chi connectivity index (χ0v) is 16.3. The lowest BCUT2D eigenvalue weighted by Crippen LogP contribution is -2.28. The van der Waals surface area contributed by atoms with Gasteiger partial charge in [-0.25, -0.2) is 4.99 Å². The number of fused-ring (bicyclic) bond motifs is 1. The second-order valence-electron chi connectivity index (χ2n) is 6.91. The maximum Gasteiger partial charge on any atom is 0.260 e. The van der Waals surface area contributed by atoms with Crippen molar-refractivity contribution in [3.05, 3.63) is 65.0 Å². The van der Waals surface area contributed by atoms with Crippen molar-refractivity contribution in [2.24, 2.45) is 4.99 Å². The highest BCUT2D eigenvalue weighted by molar-refractivity contribution is 5.98. The van der Waals surface area contributed by atoms with Crippen molar-refractivity contribution in [1.29, 1.82) is 0 Å². The van der Waals surface area contributed by atoms with Gasteiger partial charge >= 0.3 is 0 Å². The molecule has 2 heterocycles. The third kappa shape index (κ3) is 4.73. The minimum Gasteiger partial charge on any atom is -0.467 e. The zero-order chi connectivity index (χ0) is 20.1. The zero-order valence-electron chi connectivity index (χ0n) is 16.3. The monoisotopic (exact) mass is 380 g/mol. The Morgan fingerprint density at radius 3 is 2.71 bits per heavy atom. The Bertz CT molecular complexity index is 894. The van der Waals surface area contributed by atoms with E-state index in [2.05, 4.69) is 15.3 Å². The number of aliphatic imine (C=N–C) groups is 1. The lowest BCUT2D eigenvalue weighted by atomic mass is 10.1. The first-order valence-electron chi connectivity index (χ1n) is 9.14. The van der Waals surface area contributed by atoms with Crippen molar-refractivity contribution in [2.75, 3.05) is 20.7 Å². The molecule has 1 atom stereocenters. The molecule has 7 nitrogen and oxygen atoms in total. The summed E-state index contributed by atoms with van der Waals surface area (Å²) in [6.45, 7) is 2.35. The largest absolute Gasteiger partial charge is 0.467 e. The van der Waals surface area contributed by atoms with E-state index in [-0.39, 0.29) is 30.9 Å². The molecule has 1 N–H and O–H groups in total. The van der Waals surface area contributed by atoms with Crippen molar-refractivity contribution in [3.8, 4) is 0 Å². The highest BCUT2D eigenvalue weighted by Crippen LogP contribution is 2.20. The van der Waals surface area contributed by atoms with Gasteiger partial charge in [0.1, 0.15) is 0 Å². The quantitative estimate of drug-likeness (QED) is 0.829. The average Bonchev–Trinajstić information content (AvgIpc) is 3.08. The summed E-state index contributed by atoms with van der Waals surface area (Å²) in [7, 11) is 3.35. The van der Waals surface area contributed by atoms with Gasteiger partial charge in [0.15, 0.2) is 6.61 Å². The van der Waals surface area contributed by atoms with Crippen LogP contribution in [0, 0.1) is 0 Å². The Kier molecular flexibility index (Phi) is 6.03. The molecule has 3 rings (SSSR count). The molecular weight excluding hydrogens is 356 g/mol. The first-order valence-corrected chi connectivity index (χ1v) is 9.14. The van der Waals surface area contributed by atoms with E-state index < -0.39 is 0 Å². The molecule has 0 spiro atoms. The summed E-state index contributed by atoms with van der Waals surface area (Å²) in [5, 5.41) is 2.99. The minimum absolute atomic E-state index is 0.0627. The van der Waals surface area contributed by atoms with Gasteiger partial charge in [-0.05, 0) is 24.1 Å². The summed E-state index contributed by atoms with van der Waals surface area (Å²) in [5.74, 6) is 0.201. The van der Waals surface area contributed by atoms with Gasteiger partial charge in [-0.15, -0.1) is 0 Å². The van der Waals surface area contributed by atoms with Crippen LogP contribution < -0.4 is 5.32 Å². The number of hydrogen-bond acceptors (Lipinski definition) is 5. The Balaban J connectivity index is 1.57. The molecule has 1 aromatic heterocycles. The van der Waals surface area contributed by atoms with E-state index in [1.165, 1.54) is 4.90 Å². The van der Waals surface area contributed by atoms with E-state index in [1.54, 1.807) is 20.3 Å². The molecule has 0 bridgehead atoms. The van der Waals surface area contributed by atoms with E-state index in [0.29, 0.717) is 18.1 Å². The first-order chi connectivity index (χ1) is 13.4. The normalized spacial score (nSPS) is 13.3. The van der Waals surface area contributed by atoms with Crippen molar-refractivity contribution in [1.82, 2.24) is 15.2 Å². The smallest absolute Gasteiger partial charge is 0.260 e. The van der Waals surface area contributed by atoms with Crippen LogP contribution in [0.1, 0.15) is 35.3 Å². The summed E-state index contributed by atoms with van der Waals surface area (Å²) >= 11 is 0. The number of aromatic nitrogens is 1. The molecule has 1 aliphatic rings. The number of hydrogen-bond donors (Lipinski definition) is 1. The van der Waals surface area contributed by atoms with Gasteiger partial charge in [0.05, 0.1) is 30.3 Å². The fourth-order valence-corrected chi connectivity index (χ4v) is 2.87. The molecular formula is C21H24N4O3. The van der Waals surface area contributed by atoms with Crippen molar-refractivity contribution < 1.29 is 14.3 Å². The van der Waals surface area contributed by atoms with Crippen LogP contribution in [0.4, 0.5) is 0 Å². The first kappa shape index (κ1) is 19.5. The SMILES string of the molecule is C[C@@H](NC(=O)Cc1cc2c(cn1)C(OCC(=O)N(C)C)=NC2)c1ccccc1. The van der Waals surface area contributed by atoms with E-state index in [4.69, 9.17) is 4.74 Å². The predicted molar refractivity (Wildman–Crippen MR) is 106 cm³/mol. The van der Waals surface area contributed by atoms with Crippen LogP contribution >= 0.6 is 0 Å². The molecule has 28 heavy (non-hydrogen) atoms. The van der Waals surface area contributed by atoms with Gasteiger partial charge in [0.25, 0.3) is 5.91 Å². The van der Waals surface area contributed by atoms with E-state index in [1.807, 2.05) is 43.3 Å². The minimum atomic E-state index is -0.134. The van der Waals surface area contributed by atoms with Crippen LogP contribution in [-0.4, -0.2) is 48.3 Å². The molecule has 0 radical (unpaired) electrons. The van der Waals surface area contributed by atoms with Crippen LogP contribution in [0.25, 0.3) is 0 Å². The molecule has 1 aliphatic heterocycles. The molecule has 7 heteroatoms. The highest BCUT2D eigenvalue weighted by Gasteiger charge is 2.20. The van der Waals surface area contributed by atoms with E-state index in [0.717, 1.165) is 16.7 Å². The highest BCUT2D eigenvalue weighted by atomic mass is 16.5. The number of rotatable bonds is 6. The number of likely N-dealkylation sites (N-methyl/N-ethyl adjacent to an activating group) is 1. The third-order valence-electron chi connectivity index (χ3n) is 4.52. The molecule has 0 fully saturated rings. The predicted octanol–water partition coefficient (Wildman–Crippen LogP) is 1.87. The lowest BCUT2D eigenvalue weighted by Gasteiger charge is -2.14. The Hall–Kier alpha value is -3.22. The molecule has 0 saturated heterocycles. The number of carbonyl (C=O) groups is 2. The Labute approximate surface area is 164 Å². The summed E-state index contributed by atoms with van der Waals surface area (Å²) in [5.41, 5.74) is 3.45. The van der Waals surface area contributed by atoms with Crippen LogP contribution in [0.2, 0.25) is 0 Å². The lowest BCUT2D eigenvalue weighted by molar-refractivity contribution is -0.131. The molecule has 1 aromatic carbocycles. The average molecular weight is 380 g/mol. The number of nitrogens with zero attached hydrogens (tertiary/aromatic N) is 3. The number of benzene rings is 1. The van der Waals surface area contributed by atoms with Crippen molar-refractivity contribution in [3.63, 3.8) is 0 Å². The summed E-state index contributed by atoms with van der Waals surface area (Å²) in [6, 6.07) is 11.6. The third-order valence-corrected chi connectivity index (χ3v) is 4.52. The van der Waals surface area contributed by atoms with Gasteiger partial charge in [-0.2, -0.15) is 0 Å². The molecule has 0 saturated carbocycles. The second-order valence-corrected chi connectivity index (χ2v) is 6.91. The molecule has 0 aliphatic carbocycles. The van der Waals surface area contributed by atoms with Crippen LogP contribution in [0.3, 0.4) is 0 Å². The number of nitrogens with one attached hydrogen (secondary N) is 1. The molecule has 2 amide bonds. The van der Waals surface area contributed by atoms with Crippen molar-refractivity contribution in [2.45, 2.75) is 25.9 Å². The molecule has 146 valence electrons. The number of amides is 2. The fourth-order valence-electron chi connectivity index (χ4n) is 2.87. The maximum absolute atomic E-state index is 12.4. The Morgan fingerprint density at radius 2 is 2.00 bits per heavy atom. The number of pyridine rings is 1. The Morgan fingerprint density at radius 1 is 1.25 bits per heavy atom. The van der Waals surface area contributed by atoms with Crippen LogP contribution in [0.5, 0.6) is 0 Å². The van der Waals surface area contributed by atoms with E-state index in [9.17, 15) is 9.59 Å². The van der Waals surface area contributed by atoms with Gasteiger partial charge < -0.3 is 15.0 Å².